The molecule has 13 heteroatoms. The van der Waals surface area contributed by atoms with Gasteiger partial charge in [-0.1, -0.05) is 18.1 Å². The lowest BCUT2D eigenvalue weighted by Gasteiger charge is -2.31. The smallest absolute Gasteiger partial charge is 0.377 e. The molecule has 0 N–H and O–H groups in total. The summed E-state index contributed by atoms with van der Waals surface area (Å²) in [6.07, 6.45) is 0.932. The standard InChI is InChI=1S/C28H31F4N5O3S/c1-17-23-13-33-37(21-9-7-20(29)8-10-21)24(23)12-18-5-6-19(26(17)18)14-36(15-22-4-3-11-40-22)41(38,39)25-16-35(2)34-27(25)28(30,31)32/h7-10,13,16-17,19,22H,3-6,11-12,14-15H2,1-2H3/t17-,19+,22?/m0/s1. The van der Waals surface area contributed by atoms with Crippen molar-refractivity contribution in [2.45, 2.75) is 62.1 Å². The average Bonchev–Trinajstić information content (AvgIpc) is 3.71. The van der Waals surface area contributed by atoms with Gasteiger partial charge in [0.25, 0.3) is 0 Å². The SMILES string of the molecule is C[C@@H]1C2=C(CC[C@@H]2CN(CC2CCCO2)S(=O)(=O)c2cn(C)nc2C(F)(F)F)Cc2c1cnn2-c1ccc(F)cc1. The predicted molar refractivity (Wildman–Crippen MR) is 141 cm³/mol. The van der Waals surface area contributed by atoms with Crippen molar-refractivity contribution in [3.63, 3.8) is 0 Å². The maximum Gasteiger partial charge on any atom is 0.436 e. The Hall–Kier alpha value is -3.03. The van der Waals surface area contributed by atoms with Gasteiger partial charge in [0.05, 0.1) is 23.7 Å². The van der Waals surface area contributed by atoms with Crippen LogP contribution in [-0.2, 0) is 34.4 Å². The van der Waals surface area contributed by atoms with Crippen molar-refractivity contribution in [3.8, 4) is 5.69 Å². The van der Waals surface area contributed by atoms with Gasteiger partial charge in [-0.3, -0.25) is 4.68 Å². The zero-order valence-electron chi connectivity index (χ0n) is 22.7. The lowest BCUT2D eigenvalue weighted by atomic mass is 9.80. The number of hydrogen-bond acceptors (Lipinski definition) is 5. The number of benzene rings is 1. The van der Waals surface area contributed by atoms with E-state index >= 15 is 0 Å². The van der Waals surface area contributed by atoms with E-state index in [0.29, 0.717) is 25.9 Å². The van der Waals surface area contributed by atoms with E-state index in [1.54, 1.807) is 18.3 Å². The number of aryl methyl sites for hydroxylation is 1. The van der Waals surface area contributed by atoms with E-state index in [-0.39, 0.29) is 36.8 Å². The second kappa shape index (κ2) is 10.4. The van der Waals surface area contributed by atoms with Crippen molar-refractivity contribution in [3.05, 3.63) is 70.6 Å². The minimum atomic E-state index is -4.92. The Morgan fingerprint density at radius 3 is 2.59 bits per heavy atom. The molecule has 1 fully saturated rings. The molecule has 1 saturated heterocycles. The van der Waals surface area contributed by atoms with Gasteiger partial charge in [-0.05, 0) is 55.9 Å². The number of halogens is 4. The first-order chi connectivity index (χ1) is 19.4. The molecule has 3 aliphatic rings. The van der Waals surface area contributed by atoms with Crippen molar-refractivity contribution in [2.24, 2.45) is 13.0 Å². The highest BCUT2D eigenvalue weighted by molar-refractivity contribution is 7.89. The number of sulfonamides is 1. The second-order valence-corrected chi connectivity index (χ2v) is 13.0. The maximum absolute atomic E-state index is 13.9. The zero-order valence-corrected chi connectivity index (χ0v) is 23.6. The molecule has 0 amide bonds. The summed E-state index contributed by atoms with van der Waals surface area (Å²) in [4.78, 5) is -0.836. The summed E-state index contributed by atoms with van der Waals surface area (Å²) in [7, 11) is -3.26. The van der Waals surface area contributed by atoms with Crippen LogP contribution in [0.3, 0.4) is 0 Å². The molecule has 3 atom stereocenters. The Bertz CT molecular complexity index is 1590. The van der Waals surface area contributed by atoms with E-state index in [4.69, 9.17) is 4.74 Å². The number of ether oxygens (including phenoxy) is 1. The van der Waals surface area contributed by atoms with Crippen molar-refractivity contribution >= 4 is 10.0 Å². The van der Waals surface area contributed by atoms with Crippen LogP contribution >= 0.6 is 0 Å². The first kappa shape index (κ1) is 28.1. The molecule has 8 nitrogen and oxygen atoms in total. The number of fused-ring (bicyclic) bond motifs is 1. The minimum Gasteiger partial charge on any atom is -0.377 e. The summed E-state index contributed by atoms with van der Waals surface area (Å²) in [6.45, 7) is 2.59. The van der Waals surface area contributed by atoms with Crippen LogP contribution in [-0.4, -0.2) is 58.1 Å². The number of aromatic nitrogens is 4. The van der Waals surface area contributed by atoms with E-state index in [1.165, 1.54) is 29.1 Å². The van der Waals surface area contributed by atoms with Crippen molar-refractivity contribution in [1.82, 2.24) is 23.9 Å². The van der Waals surface area contributed by atoms with Crippen LogP contribution in [0.15, 0.2) is 52.7 Å². The molecular formula is C28H31F4N5O3S. The molecular weight excluding hydrogens is 562 g/mol. The number of hydrogen-bond donors (Lipinski definition) is 0. The fraction of sp³-hybridized carbons (Fsp3) is 0.500. The molecule has 2 aliphatic carbocycles. The summed E-state index contributed by atoms with van der Waals surface area (Å²) in [6, 6.07) is 6.13. The molecule has 1 aliphatic heterocycles. The largest absolute Gasteiger partial charge is 0.436 e. The van der Waals surface area contributed by atoms with Gasteiger partial charge in [0, 0.05) is 50.8 Å². The number of nitrogens with zero attached hydrogens (tertiary/aromatic N) is 5. The first-order valence-corrected chi connectivity index (χ1v) is 15.1. The fourth-order valence-corrected chi connectivity index (χ4v) is 8.30. The quantitative estimate of drug-likeness (QED) is 0.285. The maximum atomic E-state index is 13.9. The van der Waals surface area contributed by atoms with Crippen LogP contribution in [0.25, 0.3) is 5.69 Å². The lowest BCUT2D eigenvalue weighted by Crippen LogP contribution is -2.41. The number of rotatable bonds is 7. The lowest BCUT2D eigenvalue weighted by molar-refractivity contribution is -0.143. The highest BCUT2D eigenvalue weighted by atomic mass is 32.2. The van der Waals surface area contributed by atoms with E-state index in [2.05, 4.69) is 17.1 Å². The molecule has 3 aromatic rings. The molecule has 41 heavy (non-hydrogen) atoms. The Morgan fingerprint density at radius 1 is 1.15 bits per heavy atom. The van der Waals surface area contributed by atoms with Gasteiger partial charge >= 0.3 is 6.18 Å². The normalized spacial score (nSPS) is 23.0. The van der Waals surface area contributed by atoms with Crippen molar-refractivity contribution < 1.29 is 30.7 Å². The van der Waals surface area contributed by atoms with Crippen LogP contribution in [0.2, 0.25) is 0 Å². The summed E-state index contributed by atoms with van der Waals surface area (Å²) in [5.74, 6) is -0.542. The summed E-state index contributed by atoms with van der Waals surface area (Å²) < 4.78 is 92.3. The Balaban J connectivity index is 1.32. The van der Waals surface area contributed by atoms with E-state index in [0.717, 1.165) is 46.2 Å². The topological polar surface area (TPSA) is 82.2 Å². The summed E-state index contributed by atoms with van der Waals surface area (Å²) >= 11 is 0. The van der Waals surface area contributed by atoms with Crippen molar-refractivity contribution in [2.75, 3.05) is 19.7 Å². The number of allylic oxidation sites excluding steroid dienone is 1. The third kappa shape index (κ3) is 5.12. The first-order valence-electron chi connectivity index (χ1n) is 13.7. The molecule has 0 radical (unpaired) electrons. The average molecular weight is 594 g/mol. The zero-order chi connectivity index (χ0) is 29.1. The van der Waals surface area contributed by atoms with E-state index < -0.39 is 26.8 Å². The van der Waals surface area contributed by atoms with Gasteiger partial charge in [-0.2, -0.15) is 27.7 Å². The molecule has 3 heterocycles. The Kier molecular flexibility index (Phi) is 7.10. The van der Waals surface area contributed by atoms with Crippen LogP contribution < -0.4 is 0 Å². The Labute approximate surface area is 235 Å². The number of alkyl halides is 3. The molecule has 220 valence electrons. The van der Waals surface area contributed by atoms with E-state index in [9.17, 15) is 26.0 Å². The van der Waals surface area contributed by atoms with Gasteiger partial charge in [0.1, 0.15) is 10.7 Å². The fourth-order valence-electron chi connectivity index (χ4n) is 6.60. The molecule has 0 spiro atoms. The van der Waals surface area contributed by atoms with Gasteiger partial charge in [-0.25, -0.2) is 17.5 Å². The summed E-state index contributed by atoms with van der Waals surface area (Å²) in [5.41, 5.74) is 3.70. The van der Waals surface area contributed by atoms with Gasteiger partial charge < -0.3 is 4.74 Å². The van der Waals surface area contributed by atoms with Crippen LogP contribution in [0.4, 0.5) is 17.6 Å². The monoisotopic (exact) mass is 593 g/mol. The van der Waals surface area contributed by atoms with Crippen LogP contribution in [0.1, 0.15) is 55.5 Å². The van der Waals surface area contributed by atoms with Crippen LogP contribution in [0, 0.1) is 11.7 Å². The van der Waals surface area contributed by atoms with Gasteiger partial charge in [-0.15, -0.1) is 0 Å². The van der Waals surface area contributed by atoms with Gasteiger partial charge in [0.15, 0.2) is 5.69 Å². The molecule has 0 bridgehead atoms. The highest BCUT2D eigenvalue weighted by Crippen LogP contribution is 2.48. The second-order valence-electron chi connectivity index (χ2n) is 11.1. The van der Waals surface area contributed by atoms with Gasteiger partial charge in [0.2, 0.25) is 10.0 Å². The third-order valence-corrected chi connectivity index (χ3v) is 10.3. The van der Waals surface area contributed by atoms with Crippen molar-refractivity contribution in [1.29, 1.82) is 0 Å². The highest BCUT2D eigenvalue weighted by Gasteiger charge is 2.45. The summed E-state index contributed by atoms with van der Waals surface area (Å²) in [5, 5.41) is 8.02. The van der Waals surface area contributed by atoms with Crippen LogP contribution in [0.5, 0.6) is 0 Å². The molecule has 1 unspecified atom stereocenters. The molecule has 0 saturated carbocycles. The predicted octanol–water partition coefficient (Wildman–Crippen LogP) is 5.00. The minimum absolute atomic E-state index is 0.0181. The molecule has 1 aromatic carbocycles. The Morgan fingerprint density at radius 2 is 1.90 bits per heavy atom. The molecule has 2 aromatic heterocycles. The molecule has 6 rings (SSSR count). The third-order valence-electron chi connectivity index (χ3n) is 8.47. The van der Waals surface area contributed by atoms with E-state index in [1.807, 2.05) is 4.68 Å².